The number of hydrogen-bond acceptors (Lipinski definition) is 8. The lowest BCUT2D eigenvalue weighted by Crippen LogP contribution is -2.48. The van der Waals surface area contributed by atoms with Gasteiger partial charge in [0.15, 0.2) is 23.0 Å². The molecule has 2 aliphatic rings. The van der Waals surface area contributed by atoms with E-state index < -0.39 is 56.2 Å². The molecule has 0 saturated heterocycles. The molecule has 0 aromatic heterocycles. The van der Waals surface area contributed by atoms with Gasteiger partial charge in [-0.15, -0.1) is 0 Å². The second-order valence-electron chi connectivity index (χ2n) is 13.2. The first kappa shape index (κ1) is 38.0. The van der Waals surface area contributed by atoms with Crippen LogP contribution >= 0.6 is 32.2 Å². The van der Waals surface area contributed by atoms with Crippen LogP contribution in [0.3, 0.4) is 0 Å². The molecule has 0 heterocycles. The lowest BCUT2D eigenvalue weighted by Gasteiger charge is -2.31. The molecule has 2 aliphatic carbocycles. The Labute approximate surface area is 306 Å². The number of hydrogen-bond donors (Lipinski definition) is 2. The molecule has 2 amide bonds. The Bertz CT molecular complexity index is 1910. The van der Waals surface area contributed by atoms with E-state index in [1.807, 2.05) is 6.07 Å². The largest absolute Gasteiger partial charge is 0.496 e. The minimum atomic E-state index is -4.34. The molecule has 15 heteroatoms. The maximum atomic E-state index is 15.5. The molecule has 2 unspecified atom stereocenters. The summed E-state index contributed by atoms with van der Waals surface area (Å²) in [5.74, 6) is -2.53. The second kappa shape index (κ2) is 15.2. The predicted octanol–water partition coefficient (Wildman–Crippen LogP) is 5.94. The average molecular weight is 842 g/mol. The Balaban J connectivity index is 1.39. The molecule has 0 spiro atoms. The highest BCUT2D eigenvalue weighted by atomic mass is 127. The van der Waals surface area contributed by atoms with Crippen LogP contribution in [0.2, 0.25) is 0 Å². The molecule has 10 nitrogen and oxygen atoms in total. The fourth-order valence-corrected chi connectivity index (χ4v) is 8.74. The predicted molar refractivity (Wildman–Crippen MR) is 197 cm³/mol. The van der Waals surface area contributed by atoms with Crippen molar-refractivity contribution in [1.82, 2.24) is 10.2 Å². The third kappa shape index (κ3) is 7.83. The number of fused-ring (bicyclic) bond motifs is 2. The number of amides is 2. The van der Waals surface area contributed by atoms with E-state index in [4.69, 9.17) is 7.80 Å². The van der Waals surface area contributed by atoms with Crippen LogP contribution in [0.25, 0.3) is 11.1 Å². The highest BCUT2D eigenvalue weighted by molar-refractivity contribution is 14.1. The van der Waals surface area contributed by atoms with Gasteiger partial charge in [0.25, 0.3) is 5.91 Å². The summed E-state index contributed by atoms with van der Waals surface area (Å²) in [4.78, 5) is 41.4. The highest BCUT2D eigenvalue weighted by Gasteiger charge is 2.51. The Morgan fingerprint density at radius 1 is 1.08 bits per heavy atom. The van der Waals surface area contributed by atoms with Crippen molar-refractivity contribution in [3.8, 4) is 16.9 Å². The van der Waals surface area contributed by atoms with Crippen LogP contribution in [0.15, 0.2) is 65.6 Å². The summed E-state index contributed by atoms with van der Waals surface area (Å²) in [6.07, 6.45) is 2.65. The molecule has 3 aromatic carbocycles. The number of rotatable bonds is 12. The van der Waals surface area contributed by atoms with E-state index in [2.05, 4.69) is 10.6 Å². The first-order valence-electron chi connectivity index (χ1n) is 16.0. The topological polar surface area (TPSA) is 131 Å². The van der Waals surface area contributed by atoms with Crippen LogP contribution in [0.5, 0.6) is 5.75 Å². The van der Waals surface area contributed by atoms with Crippen molar-refractivity contribution in [3.05, 3.63) is 77.6 Å². The summed E-state index contributed by atoms with van der Waals surface area (Å²) in [5.41, 5.74) is 1.68. The second-order valence-corrected chi connectivity index (χ2v) is 17.4. The minimum Gasteiger partial charge on any atom is -0.496 e. The van der Waals surface area contributed by atoms with E-state index in [1.165, 1.54) is 37.4 Å². The van der Waals surface area contributed by atoms with Gasteiger partial charge < -0.3 is 18.4 Å². The number of anilines is 1. The Morgan fingerprint density at radius 3 is 2.44 bits per heavy atom. The molecule has 2 saturated carbocycles. The molecule has 268 valence electrons. The molecule has 2 fully saturated rings. The van der Waals surface area contributed by atoms with Gasteiger partial charge in [0.1, 0.15) is 17.6 Å². The molecule has 2 bridgehead atoms. The van der Waals surface area contributed by atoms with Gasteiger partial charge in [-0.25, -0.2) is 22.0 Å². The number of carbonyl (C=O) groups is 3. The van der Waals surface area contributed by atoms with Gasteiger partial charge in [-0.2, -0.15) is 0 Å². The summed E-state index contributed by atoms with van der Waals surface area (Å²) < 4.78 is 63.0. The standard InChI is InChI=1S/C35H39F2IN3O7PS/c1-35(37,49)50(45,46)24-10-6-9-23(16-24)39-33(43)30-21-11-12-22(15-21)31(30)40-32(42)26-17-25(27(36)18-29(26)47-4)20-8-5-7-19(13-20)14-28(41(2)3)34(44)48-38/h5-10,13,16-18,21-22,28,30-31H,11-12,14-15,49H2,1-4H3,(H,39,43)(H,40,42)/t21-,22-,28-,30-,31+,35?/m0/s1. The number of halogens is 3. The van der Waals surface area contributed by atoms with Crippen molar-refractivity contribution in [2.45, 2.75) is 54.3 Å². The molecule has 0 aliphatic heterocycles. The van der Waals surface area contributed by atoms with Crippen molar-refractivity contribution >= 4 is 65.6 Å². The van der Waals surface area contributed by atoms with E-state index in [1.54, 1.807) is 69.4 Å². The molecule has 3 aromatic rings. The molecule has 2 N–H and O–H groups in total. The van der Waals surface area contributed by atoms with Gasteiger partial charge in [0, 0.05) is 23.4 Å². The van der Waals surface area contributed by atoms with Crippen LogP contribution in [0.1, 0.15) is 42.1 Å². The number of sulfone groups is 1. The first-order chi connectivity index (χ1) is 23.5. The summed E-state index contributed by atoms with van der Waals surface area (Å²) in [7, 11) is 2.20. The Morgan fingerprint density at radius 2 is 1.78 bits per heavy atom. The van der Waals surface area contributed by atoms with Crippen molar-refractivity contribution in [3.63, 3.8) is 0 Å². The van der Waals surface area contributed by atoms with Crippen LogP contribution < -0.4 is 15.4 Å². The fraction of sp³-hybridized carbons (Fsp3) is 0.400. The van der Waals surface area contributed by atoms with Crippen molar-refractivity contribution in [1.29, 1.82) is 0 Å². The van der Waals surface area contributed by atoms with E-state index in [-0.39, 0.29) is 39.3 Å². The van der Waals surface area contributed by atoms with Gasteiger partial charge in [-0.1, -0.05) is 39.6 Å². The summed E-state index contributed by atoms with van der Waals surface area (Å²) in [6.45, 7) is 0.921. The summed E-state index contributed by atoms with van der Waals surface area (Å²) in [5, 5.41) is 5.81. The average Bonchev–Trinajstić information content (AvgIpc) is 3.68. The van der Waals surface area contributed by atoms with Crippen LogP contribution in [0.4, 0.5) is 14.5 Å². The quantitative estimate of drug-likeness (QED) is 0.169. The zero-order valence-electron chi connectivity index (χ0n) is 27.9. The first-order valence-corrected chi connectivity index (χ1v) is 18.9. The van der Waals surface area contributed by atoms with E-state index in [9.17, 15) is 27.2 Å². The van der Waals surface area contributed by atoms with Crippen molar-refractivity contribution < 1.29 is 39.4 Å². The van der Waals surface area contributed by atoms with Crippen LogP contribution in [0, 0.1) is 23.6 Å². The number of carbonyl (C=O) groups excluding carboxylic acids is 3. The number of nitrogens with one attached hydrogen (secondary N) is 2. The van der Waals surface area contributed by atoms with Gasteiger partial charge in [0.05, 0.1) is 23.5 Å². The zero-order chi connectivity index (χ0) is 36.5. The number of alkyl halides is 1. The number of nitrogens with zero attached hydrogens (tertiary/aromatic N) is 1. The summed E-state index contributed by atoms with van der Waals surface area (Å²) >= 11 is 1.55. The third-order valence-corrected chi connectivity index (χ3v) is 12.9. The highest BCUT2D eigenvalue weighted by Crippen LogP contribution is 2.49. The number of benzene rings is 3. The van der Waals surface area contributed by atoms with Crippen molar-refractivity contribution in [2.75, 3.05) is 26.5 Å². The van der Waals surface area contributed by atoms with Gasteiger partial charge >= 0.3 is 5.97 Å². The van der Waals surface area contributed by atoms with E-state index in [0.29, 0.717) is 12.0 Å². The maximum absolute atomic E-state index is 15.5. The Hall–Kier alpha value is -3.20. The lowest BCUT2D eigenvalue weighted by molar-refractivity contribution is -0.136. The normalized spacial score (nSPS) is 21.7. The number of ether oxygens (including phenoxy) is 1. The molecular formula is C35H39F2IN3O7PS. The van der Waals surface area contributed by atoms with E-state index in [0.717, 1.165) is 37.8 Å². The van der Waals surface area contributed by atoms with Gasteiger partial charge in [0.2, 0.25) is 20.5 Å². The van der Waals surface area contributed by atoms with Crippen LogP contribution in [-0.2, 0) is 28.9 Å². The SMILES string of the molecule is COc1cc(F)c(-c2cccc(C[C@@H](C(=O)OI)N(C)C)c2)cc1C(=O)N[C@@H]1[C@H]2CC[C@@H](C2)[C@@H]1C(=O)Nc1cccc(S(=O)(=O)C(C)(F)P)c1. The van der Waals surface area contributed by atoms with Gasteiger partial charge in [-0.3, -0.25) is 14.5 Å². The molecular weight excluding hydrogens is 802 g/mol. The lowest BCUT2D eigenvalue weighted by atomic mass is 9.83. The van der Waals surface area contributed by atoms with Crippen molar-refractivity contribution in [2.24, 2.45) is 17.8 Å². The minimum absolute atomic E-state index is 0.0118. The zero-order valence-corrected chi connectivity index (χ0v) is 32.0. The van der Waals surface area contributed by atoms with Gasteiger partial charge in [-0.05, 0) is 93.9 Å². The third-order valence-electron chi connectivity index (χ3n) is 9.63. The molecule has 5 rings (SSSR count). The fourth-order valence-electron chi connectivity index (χ4n) is 7.04. The number of likely N-dealkylation sites (N-methyl/N-ethyl adjacent to an activating group) is 1. The molecule has 7 atom stereocenters. The molecule has 50 heavy (non-hydrogen) atoms. The summed E-state index contributed by atoms with van der Waals surface area (Å²) in [6, 6.07) is 13.9. The maximum Gasteiger partial charge on any atom is 0.333 e. The smallest absolute Gasteiger partial charge is 0.333 e. The molecule has 0 radical (unpaired) electrons. The number of methoxy groups -OCH3 is 1. The van der Waals surface area contributed by atoms with Crippen LogP contribution in [-0.4, -0.2) is 69.1 Å². The monoisotopic (exact) mass is 841 g/mol. The Kier molecular flexibility index (Phi) is 11.6. The van der Waals surface area contributed by atoms with E-state index >= 15 is 4.39 Å².